The summed E-state index contributed by atoms with van der Waals surface area (Å²) in [5, 5.41) is 0. The van der Waals surface area contributed by atoms with Gasteiger partial charge in [-0.1, -0.05) is 0 Å². The highest BCUT2D eigenvalue weighted by Crippen LogP contribution is 2.20. The topological polar surface area (TPSA) is 62.3 Å². The van der Waals surface area contributed by atoms with Gasteiger partial charge in [-0.05, 0) is 50.2 Å². The molecule has 0 saturated carbocycles. The molecule has 0 N–H and O–H groups in total. The number of ether oxygens (including phenoxy) is 2. The van der Waals surface area contributed by atoms with Gasteiger partial charge in [0.15, 0.2) is 0 Å². The molecule has 2 saturated heterocycles. The molecule has 0 aromatic heterocycles. The standard InChI is InChI=1S/C23H35N3O4/c1-24(16-17-25-12-3-4-13-25)23(28)19-5-7-20(8-6-19)30-21-9-14-26(15-10-21)22(27)11-18-29-2/h5-8,21H,3-4,9-18H2,1-2H3. The van der Waals surface area contributed by atoms with E-state index in [-0.39, 0.29) is 17.9 Å². The molecule has 1 aromatic rings. The third-order valence-electron chi connectivity index (χ3n) is 6.02. The van der Waals surface area contributed by atoms with Crippen LogP contribution in [-0.4, -0.2) is 92.7 Å². The number of carbonyl (C=O) groups excluding carboxylic acids is 2. The van der Waals surface area contributed by atoms with Crippen molar-refractivity contribution in [2.75, 3.05) is 60.0 Å². The number of hydrogen-bond acceptors (Lipinski definition) is 5. The molecule has 0 bridgehead atoms. The first-order chi connectivity index (χ1) is 14.6. The number of hydrogen-bond donors (Lipinski definition) is 0. The number of likely N-dealkylation sites (tertiary alicyclic amines) is 2. The SMILES string of the molecule is COCCC(=O)N1CCC(Oc2ccc(C(=O)N(C)CCN3CCCC3)cc2)CC1. The van der Waals surface area contributed by atoms with Gasteiger partial charge in [-0.25, -0.2) is 0 Å². The summed E-state index contributed by atoms with van der Waals surface area (Å²) in [5.74, 6) is 0.964. The normalized spacial score (nSPS) is 17.9. The summed E-state index contributed by atoms with van der Waals surface area (Å²) in [6.45, 7) is 5.88. The Labute approximate surface area is 179 Å². The fourth-order valence-electron chi connectivity index (χ4n) is 4.06. The van der Waals surface area contributed by atoms with E-state index in [0.29, 0.717) is 31.7 Å². The van der Waals surface area contributed by atoms with Gasteiger partial charge in [0.05, 0.1) is 13.0 Å². The molecule has 166 valence electrons. The van der Waals surface area contributed by atoms with E-state index in [2.05, 4.69) is 4.90 Å². The number of piperidine rings is 1. The van der Waals surface area contributed by atoms with Crippen molar-refractivity contribution in [3.63, 3.8) is 0 Å². The van der Waals surface area contributed by atoms with Gasteiger partial charge in [-0.2, -0.15) is 0 Å². The van der Waals surface area contributed by atoms with Gasteiger partial charge in [0.25, 0.3) is 5.91 Å². The zero-order chi connectivity index (χ0) is 21.3. The summed E-state index contributed by atoms with van der Waals surface area (Å²) in [4.78, 5) is 30.8. The summed E-state index contributed by atoms with van der Waals surface area (Å²) in [6, 6.07) is 7.43. The van der Waals surface area contributed by atoms with Gasteiger partial charge in [0, 0.05) is 58.7 Å². The van der Waals surface area contributed by atoms with Crippen LogP contribution in [0.25, 0.3) is 0 Å². The molecule has 3 rings (SSSR count). The lowest BCUT2D eigenvalue weighted by Gasteiger charge is -2.32. The van der Waals surface area contributed by atoms with Crippen LogP contribution in [0.2, 0.25) is 0 Å². The first-order valence-electron chi connectivity index (χ1n) is 11.1. The number of methoxy groups -OCH3 is 1. The van der Waals surface area contributed by atoms with Crippen molar-refractivity contribution in [3.8, 4) is 5.75 Å². The Morgan fingerprint density at radius 1 is 1.07 bits per heavy atom. The van der Waals surface area contributed by atoms with Gasteiger partial charge in [-0.15, -0.1) is 0 Å². The van der Waals surface area contributed by atoms with E-state index in [9.17, 15) is 9.59 Å². The van der Waals surface area contributed by atoms with E-state index in [1.54, 1.807) is 12.0 Å². The molecule has 0 atom stereocenters. The number of likely N-dealkylation sites (N-methyl/N-ethyl adjacent to an activating group) is 1. The van der Waals surface area contributed by atoms with Gasteiger partial charge >= 0.3 is 0 Å². The third kappa shape index (κ3) is 6.44. The maximum Gasteiger partial charge on any atom is 0.253 e. The molecule has 0 radical (unpaired) electrons. The minimum absolute atomic E-state index is 0.0450. The first-order valence-corrected chi connectivity index (χ1v) is 11.1. The minimum atomic E-state index is 0.0450. The fraction of sp³-hybridized carbons (Fsp3) is 0.652. The largest absolute Gasteiger partial charge is 0.490 e. The number of benzene rings is 1. The molecule has 2 aliphatic heterocycles. The second kappa shape index (κ2) is 11.3. The van der Waals surface area contributed by atoms with Crippen LogP contribution in [0, 0.1) is 0 Å². The molecule has 7 nitrogen and oxygen atoms in total. The number of carbonyl (C=O) groups is 2. The van der Waals surface area contributed by atoms with Gasteiger partial charge in [0.2, 0.25) is 5.91 Å². The van der Waals surface area contributed by atoms with E-state index in [1.807, 2.05) is 36.2 Å². The molecule has 2 fully saturated rings. The van der Waals surface area contributed by atoms with Crippen LogP contribution >= 0.6 is 0 Å². The predicted molar refractivity (Wildman–Crippen MR) is 116 cm³/mol. The lowest BCUT2D eigenvalue weighted by molar-refractivity contribution is -0.133. The smallest absolute Gasteiger partial charge is 0.253 e. The van der Waals surface area contributed by atoms with Crippen LogP contribution in [0.1, 0.15) is 42.5 Å². The number of rotatable bonds is 9. The van der Waals surface area contributed by atoms with E-state index in [1.165, 1.54) is 12.8 Å². The molecule has 1 aromatic carbocycles. The van der Waals surface area contributed by atoms with Gasteiger partial charge in [0.1, 0.15) is 11.9 Å². The molecule has 2 aliphatic rings. The average Bonchev–Trinajstić information content (AvgIpc) is 3.30. The highest BCUT2D eigenvalue weighted by Gasteiger charge is 2.24. The molecular formula is C23H35N3O4. The van der Waals surface area contributed by atoms with Crippen LogP contribution in [0.4, 0.5) is 0 Å². The third-order valence-corrected chi connectivity index (χ3v) is 6.02. The van der Waals surface area contributed by atoms with Crippen LogP contribution in [0.3, 0.4) is 0 Å². The molecule has 0 spiro atoms. The molecule has 0 aliphatic carbocycles. The minimum Gasteiger partial charge on any atom is -0.490 e. The van der Waals surface area contributed by atoms with Crippen molar-refractivity contribution in [3.05, 3.63) is 29.8 Å². The highest BCUT2D eigenvalue weighted by molar-refractivity contribution is 5.94. The molecule has 2 amide bonds. The van der Waals surface area contributed by atoms with Crippen molar-refractivity contribution in [2.24, 2.45) is 0 Å². The van der Waals surface area contributed by atoms with E-state index in [4.69, 9.17) is 9.47 Å². The number of amides is 2. The fourth-order valence-corrected chi connectivity index (χ4v) is 4.06. The van der Waals surface area contributed by atoms with E-state index in [0.717, 1.165) is 44.8 Å². The summed E-state index contributed by atoms with van der Waals surface area (Å²) >= 11 is 0. The monoisotopic (exact) mass is 417 g/mol. The Hall–Kier alpha value is -2.12. The second-order valence-electron chi connectivity index (χ2n) is 8.24. The molecule has 30 heavy (non-hydrogen) atoms. The summed E-state index contributed by atoms with van der Waals surface area (Å²) in [5.41, 5.74) is 0.685. The van der Waals surface area contributed by atoms with E-state index >= 15 is 0 Å². The average molecular weight is 418 g/mol. The predicted octanol–water partition coefficient (Wildman–Crippen LogP) is 2.26. The van der Waals surface area contributed by atoms with Gasteiger partial charge in [-0.3, -0.25) is 9.59 Å². The van der Waals surface area contributed by atoms with Crippen LogP contribution < -0.4 is 4.74 Å². The Bertz CT molecular complexity index is 680. The Morgan fingerprint density at radius 3 is 2.37 bits per heavy atom. The molecule has 2 heterocycles. The summed E-state index contributed by atoms with van der Waals surface area (Å²) < 4.78 is 11.1. The van der Waals surface area contributed by atoms with E-state index < -0.39 is 0 Å². The van der Waals surface area contributed by atoms with Crippen LogP contribution in [0.5, 0.6) is 5.75 Å². The summed E-state index contributed by atoms with van der Waals surface area (Å²) in [7, 11) is 3.48. The van der Waals surface area contributed by atoms with Crippen molar-refractivity contribution < 1.29 is 19.1 Å². The Morgan fingerprint density at radius 2 is 1.73 bits per heavy atom. The van der Waals surface area contributed by atoms with Crippen LogP contribution in [0.15, 0.2) is 24.3 Å². The zero-order valence-electron chi connectivity index (χ0n) is 18.3. The molecule has 0 unspecified atom stereocenters. The molecular weight excluding hydrogens is 382 g/mol. The Balaban J connectivity index is 1.42. The van der Waals surface area contributed by atoms with Gasteiger partial charge < -0.3 is 24.2 Å². The lowest BCUT2D eigenvalue weighted by atomic mass is 10.1. The number of nitrogens with zero attached hydrogens (tertiary/aromatic N) is 3. The first kappa shape index (κ1) is 22.6. The van der Waals surface area contributed by atoms with Crippen molar-refractivity contribution in [2.45, 2.75) is 38.2 Å². The van der Waals surface area contributed by atoms with Crippen molar-refractivity contribution in [1.82, 2.24) is 14.7 Å². The quantitative estimate of drug-likeness (QED) is 0.617. The summed E-state index contributed by atoms with van der Waals surface area (Å²) in [6.07, 6.45) is 4.70. The second-order valence-corrected chi connectivity index (χ2v) is 8.24. The lowest BCUT2D eigenvalue weighted by Crippen LogP contribution is -2.42. The molecule has 7 heteroatoms. The maximum absolute atomic E-state index is 12.6. The highest BCUT2D eigenvalue weighted by atomic mass is 16.5. The van der Waals surface area contributed by atoms with Crippen molar-refractivity contribution in [1.29, 1.82) is 0 Å². The van der Waals surface area contributed by atoms with Crippen LogP contribution in [-0.2, 0) is 9.53 Å². The zero-order valence-corrected chi connectivity index (χ0v) is 18.3. The maximum atomic E-state index is 12.6. The Kier molecular flexibility index (Phi) is 8.51. The van der Waals surface area contributed by atoms with Crippen molar-refractivity contribution >= 4 is 11.8 Å².